The van der Waals surface area contributed by atoms with Crippen molar-refractivity contribution in [2.24, 2.45) is 11.8 Å². The molecule has 1 saturated heterocycles. The lowest BCUT2D eigenvalue weighted by Gasteiger charge is -2.26. The van der Waals surface area contributed by atoms with Gasteiger partial charge in [0.05, 0.1) is 11.5 Å². The fourth-order valence-electron chi connectivity index (χ4n) is 3.29. The number of hydrogen-bond donors (Lipinski definition) is 0. The molecule has 1 aliphatic heterocycles. The number of hydrogen-bond acceptors (Lipinski definition) is 4. The van der Waals surface area contributed by atoms with Crippen LogP contribution in [0.25, 0.3) is 0 Å². The van der Waals surface area contributed by atoms with Crippen molar-refractivity contribution in [2.75, 3.05) is 13.1 Å². The molecule has 2 atom stereocenters. The van der Waals surface area contributed by atoms with E-state index in [4.69, 9.17) is 21.1 Å². The predicted molar refractivity (Wildman–Crippen MR) is 96.7 cm³/mol. The molecule has 1 saturated carbocycles. The molecule has 0 radical (unpaired) electrons. The highest BCUT2D eigenvalue weighted by Gasteiger charge is 2.37. The van der Waals surface area contributed by atoms with E-state index in [0.29, 0.717) is 29.9 Å². The van der Waals surface area contributed by atoms with Crippen LogP contribution in [0.1, 0.15) is 38.3 Å². The van der Waals surface area contributed by atoms with Crippen molar-refractivity contribution in [2.45, 2.75) is 45.6 Å². The molecule has 0 N–H and O–H groups in total. The van der Waals surface area contributed by atoms with Crippen LogP contribution in [-0.2, 0) is 4.74 Å². The Morgan fingerprint density at radius 2 is 2.20 bits per heavy atom. The third kappa shape index (κ3) is 4.88. The van der Waals surface area contributed by atoms with E-state index in [9.17, 15) is 4.79 Å². The molecular formula is C19H25ClN2O3. The number of ether oxygens (including phenoxy) is 2. The minimum Gasteiger partial charge on any atom is -0.488 e. The lowest BCUT2D eigenvalue weighted by atomic mass is 9.96. The van der Waals surface area contributed by atoms with Crippen LogP contribution in [-0.4, -0.2) is 35.2 Å². The predicted octanol–water partition coefficient (Wildman–Crippen LogP) is 4.58. The largest absolute Gasteiger partial charge is 0.488 e. The first-order chi connectivity index (χ1) is 11.9. The van der Waals surface area contributed by atoms with Gasteiger partial charge in [0.15, 0.2) is 0 Å². The van der Waals surface area contributed by atoms with E-state index < -0.39 is 0 Å². The Morgan fingerprint density at radius 1 is 1.44 bits per heavy atom. The number of aryl methyl sites for hydroxylation is 1. The number of amides is 1. The van der Waals surface area contributed by atoms with Gasteiger partial charge in [-0.25, -0.2) is 9.78 Å². The summed E-state index contributed by atoms with van der Waals surface area (Å²) in [6.07, 6.45) is 4.25. The number of likely N-dealkylation sites (tertiary alicyclic amines) is 1. The number of aromatic nitrogens is 1. The topological polar surface area (TPSA) is 51.7 Å². The zero-order valence-electron chi connectivity index (χ0n) is 14.8. The van der Waals surface area contributed by atoms with Crippen LogP contribution in [0.4, 0.5) is 4.79 Å². The first-order valence-electron chi connectivity index (χ1n) is 8.84. The second kappa shape index (κ2) is 7.65. The van der Waals surface area contributed by atoms with Crippen molar-refractivity contribution < 1.29 is 14.3 Å². The summed E-state index contributed by atoms with van der Waals surface area (Å²) in [6, 6.07) is 3.63. The fourth-order valence-corrected chi connectivity index (χ4v) is 3.48. The van der Waals surface area contributed by atoms with Crippen molar-refractivity contribution in [1.82, 2.24) is 9.88 Å². The van der Waals surface area contributed by atoms with Crippen LogP contribution in [0.5, 0.6) is 5.75 Å². The van der Waals surface area contributed by atoms with Gasteiger partial charge in [0.25, 0.3) is 0 Å². The number of carbonyl (C=O) groups excluding carboxylic acids is 1. The van der Waals surface area contributed by atoms with Gasteiger partial charge in [-0.3, -0.25) is 0 Å². The van der Waals surface area contributed by atoms with Crippen molar-refractivity contribution in [3.63, 3.8) is 0 Å². The van der Waals surface area contributed by atoms with Crippen LogP contribution in [0.15, 0.2) is 24.5 Å². The summed E-state index contributed by atoms with van der Waals surface area (Å²) in [5, 5.41) is 0.471. The Hall–Kier alpha value is -1.75. The molecule has 1 aromatic heterocycles. The SMILES string of the molecule is C=C(C)OC(=O)N1CC[C@H](C(CC2CC2)Oc2ccc(Cl)nc2C)C1. The quantitative estimate of drug-likeness (QED) is 0.547. The summed E-state index contributed by atoms with van der Waals surface area (Å²) in [5.74, 6) is 2.23. The van der Waals surface area contributed by atoms with Crippen LogP contribution in [0, 0.1) is 18.8 Å². The summed E-state index contributed by atoms with van der Waals surface area (Å²) in [5.41, 5.74) is 0.796. The van der Waals surface area contributed by atoms with E-state index in [0.717, 1.165) is 30.2 Å². The van der Waals surface area contributed by atoms with E-state index in [-0.39, 0.29) is 12.2 Å². The zero-order valence-corrected chi connectivity index (χ0v) is 15.6. The summed E-state index contributed by atoms with van der Waals surface area (Å²) in [4.78, 5) is 18.1. The highest BCUT2D eigenvalue weighted by molar-refractivity contribution is 6.29. The van der Waals surface area contributed by atoms with Gasteiger partial charge in [0, 0.05) is 19.0 Å². The van der Waals surface area contributed by atoms with Crippen molar-refractivity contribution in [3.8, 4) is 5.75 Å². The van der Waals surface area contributed by atoms with Gasteiger partial charge in [0.2, 0.25) is 0 Å². The lowest BCUT2D eigenvalue weighted by Crippen LogP contribution is -2.33. The molecule has 2 aliphatic rings. The average molecular weight is 365 g/mol. The Kier molecular flexibility index (Phi) is 5.52. The van der Waals surface area contributed by atoms with E-state index in [1.807, 2.05) is 13.0 Å². The first-order valence-corrected chi connectivity index (χ1v) is 9.22. The zero-order chi connectivity index (χ0) is 18.0. The molecule has 2 fully saturated rings. The number of allylic oxidation sites excluding steroid dienone is 1. The number of pyridine rings is 1. The molecule has 136 valence electrons. The maximum Gasteiger partial charge on any atom is 0.414 e. The number of halogens is 1. The van der Waals surface area contributed by atoms with Gasteiger partial charge >= 0.3 is 6.09 Å². The lowest BCUT2D eigenvalue weighted by molar-refractivity contribution is 0.110. The van der Waals surface area contributed by atoms with Crippen LogP contribution < -0.4 is 4.74 Å². The van der Waals surface area contributed by atoms with E-state index in [1.165, 1.54) is 12.8 Å². The molecule has 0 spiro atoms. The number of nitrogens with zero attached hydrogens (tertiary/aromatic N) is 2. The molecule has 0 bridgehead atoms. The maximum absolute atomic E-state index is 12.1. The van der Waals surface area contributed by atoms with Gasteiger partial charge in [-0.1, -0.05) is 31.0 Å². The van der Waals surface area contributed by atoms with Crippen LogP contribution >= 0.6 is 11.6 Å². The molecule has 1 unspecified atom stereocenters. The summed E-state index contributed by atoms with van der Waals surface area (Å²) in [7, 11) is 0. The van der Waals surface area contributed by atoms with Crippen molar-refractivity contribution in [1.29, 1.82) is 0 Å². The minimum atomic E-state index is -0.315. The summed E-state index contributed by atoms with van der Waals surface area (Å²) < 4.78 is 11.5. The summed E-state index contributed by atoms with van der Waals surface area (Å²) in [6.45, 7) is 8.56. The fraction of sp³-hybridized carbons (Fsp3) is 0.579. The molecule has 1 aliphatic carbocycles. The standard InChI is InChI=1S/C19H25ClN2O3/c1-12(2)24-19(23)22-9-8-15(11-22)17(10-14-4-5-14)25-16-6-7-18(20)21-13(16)3/h6-7,14-15,17H,1,4-5,8-11H2,2-3H3/t15-,17?/m0/s1. The second-order valence-electron chi connectivity index (χ2n) is 7.12. The number of carbonyl (C=O) groups is 1. The molecule has 6 heteroatoms. The molecule has 0 aromatic carbocycles. The third-order valence-electron chi connectivity index (χ3n) is 4.81. The molecule has 3 rings (SSSR count). The van der Waals surface area contributed by atoms with Crippen molar-refractivity contribution in [3.05, 3.63) is 35.3 Å². The molecule has 5 nitrogen and oxygen atoms in total. The van der Waals surface area contributed by atoms with Gasteiger partial charge in [-0.05, 0) is 44.7 Å². The van der Waals surface area contributed by atoms with Gasteiger partial charge in [0.1, 0.15) is 17.0 Å². The van der Waals surface area contributed by atoms with Gasteiger partial charge < -0.3 is 14.4 Å². The highest BCUT2D eigenvalue weighted by Crippen LogP contribution is 2.38. The normalized spacial score (nSPS) is 21.1. The second-order valence-corrected chi connectivity index (χ2v) is 7.50. The highest BCUT2D eigenvalue weighted by atomic mass is 35.5. The van der Waals surface area contributed by atoms with E-state index >= 15 is 0 Å². The first kappa shape index (κ1) is 18.1. The molecule has 1 amide bonds. The van der Waals surface area contributed by atoms with Crippen LogP contribution in [0.3, 0.4) is 0 Å². The van der Waals surface area contributed by atoms with Crippen LogP contribution in [0.2, 0.25) is 5.15 Å². The molecular weight excluding hydrogens is 340 g/mol. The smallest absolute Gasteiger partial charge is 0.414 e. The minimum absolute atomic E-state index is 0.0804. The molecule has 1 aromatic rings. The van der Waals surface area contributed by atoms with E-state index in [1.54, 1.807) is 17.9 Å². The molecule has 25 heavy (non-hydrogen) atoms. The van der Waals surface area contributed by atoms with E-state index in [2.05, 4.69) is 11.6 Å². The Labute approximate surface area is 154 Å². The average Bonchev–Trinajstić information content (AvgIpc) is 3.21. The Bertz CT molecular complexity index is 660. The Morgan fingerprint density at radius 3 is 2.84 bits per heavy atom. The summed E-state index contributed by atoms with van der Waals surface area (Å²) >= 11 is 5.94. The third-order valence-corrected chi connectivity index (χ3v) is 5.02. The van der Waals surface area contributed by atoms with Gasteiger partial charge in [-0.15, -0.1) is 0 Å². The Balaban J connectivity index is 1.66. The number of rotatable bonds is 6. The monoisotopic (exact) mass is 364 g/mol. The maximum atomic E-state index is 12.1. The molecule has 2 heterocycles. The van der Waals surface area contributed by atoms with Crippen molar-refractivity contribution >= 4 is 17.7 Å². The van der Waals surface area contributed by atoms with Gasteiger partial charge in [-0.2, -0.15) is 0 Å².